The number of imidazole rings is 1. The highest BCUT2D eigenvalue weighted by Gasteiger charge is 2.20. The Morgan fingerprint density at radius 1 is 1.31 bits per heavy atom. The average molecular weight is 212 g/mol. The lowest BCUT2D eigenvalue weighted by atomic mass is 9.81. The molecule has 1 N–H and O–H groups in total. The molecule has 2 nitrogen and oxygen atoms in total. The van der Waals surface area contributed by atoms with Crippen molar-refractivity contribution >= 4 is 0 Å². The van der Waals surface area contributed by atoms with Crippen LogP contribution in [0.25, 0.3) is 0 Å². The maximum absolute atomic E-state index is 4.33. The number of aryl methyl sites for hydroxylation is 1. The maximum atomic E-state index is 4.33. The second kappa shape index (κ2) is 4.12. The van der Waals surface area contributed by atoms with Gasteiger partial charge in [-0.25, -0.2) is 4.98 Å². The Kier molecular flexibility index (Phi) is 2.49. The number of nitrogens with zero attached hydrogens (tertiary/aromatic N) is 1. The van der Waals surface area contributed by atoms with Crippen LogP contribution in [0.4, 0.5) is 0 Å². The van der Waals surface area contributed by atoms with Crippen LogP contribution in [0.2, 0.25) is 0 Å². The van der Waals surface area contributed by atoms with Gasteiger partial charge in [0.2, 0.25) is 0 Å². The topological polar surface area (TPSA) is 28.7 Å². The minimum Gasteiger partial charge on any atom is -0.349 e. The highest BCUT2D eigenvalue weighted by atomic mass is 14.9. The van der Waals surface area contributed by atoms with Crippen LogP contribution in [-0.4, -0.2) is 9.97 Å². The minimum atomic E-state index is 0.649. The fraction of sp³-hybridized carbons (Fsp3) is 0.357. The molecule has 1 aliphatic carbocycles. The molecular formula is C14H16N2. The SMILES string of the molecule is c1ccc2c(c1)CCC[C@H]2Cc1ncc[nH]1. The summed E-state index contributed by atoms with van der Waals surface area (Å²) in [6.07, 6.45) is 8.63. The summed E-state index contributed by atoms with van der Waals surface area (Å²) < 4.78 is 0. The Morgan fingerprint density at radius 2 is 2.25 bits per heavy atom. The summed E-state index contributed by atoms with van der Waals surface area (Å²) in [6.45, 7) is 0. The number of H-pyrrole nitrogens is 1. The molecule has 3 rings (SSSR count). The number of aromatic amines is 1. The van der Waals surface area contributed by atoms with Gasteiger partial charge in [-0.15, -0.1) is 0 Å². The lowest BCUT2D eigenvalue weighted by molar-refractivity contribution is 0.541. The van der Waals surface area contributed by atoms with Gasteiger partial charge in [0.1, 0.15) is 5.82 Å². The molecule has 0 aliphatic heterocycles. The van der Waals surface area contributed by atoms with Crippen molar-refractivity contribution in [1.82, 2.24) is 9.97 Å². The van der Waals surface area contributed by atoms with Gasteiger partial charge in [0.25, 0.3) is 0 Å². The zero-order valence-electron chi connectivity index (χ0n) is 9.32. The van der Waals surface area contributed by atoms with Crippen LogP contribution < -0.4 is 0 Å². The van der Waals surface area contributed by atoms with Crippen LogP contribution in [0, 0.1) is 0 Å². The Morgan fingerprint density at radius 3 is 3.12 bits per heavy atom. The Labute approximate surface area is 95.7 Å². The third-order valence-corrected chi connectivity index (χ3v) is 3.49. The molecule has 1 heterocycles. The molecule has 1 atom stereocenters. The van der Waals surface area contributed by atoms with Crippen LogP contribution in [0.1, 0.15) is 35.7 Å². The first kappa shape index (κ1) is 9.64. The van der Waals surface area contributed by atoms with Gasteiger partial charge in [0.15, 0.2) is 0 Å². The predicted octanol–water partition coefficient (Wildman–Crippen LogP) is 3.07. The third kappa shape index (κ3) is 1.75. The van der Waals surface area contributed by atoms with Crippen LogP contribution in [0.15, 0.2) is 36.7 Å². The van der Waals surface area contributed by atoms with Crippen molar-refractivity contribution < 1.29 is 0 Å². The van der Waals surface area contributed by atoms with Crippen LogP contribution >= 0.6 is 0 Å². The lowest BCUT2D eigenvalue weighted by Gasteiger charge is -2.24. The molecule has 0 fully saturated rings. The van der Waals surface area contributed by atoms with E-state index in [9.17, 15) is 0 Å². The number of nitrogens with one attached hydrogen (secondary N) is 1. The summed E-state index contributed by atoms with van der Waals surface area (Å²) >= 11 is 0. The van der Waals surface area contributed by atoms with E-state index in [-0.39, 0.29) is 0 Å². The molecule has 2 aromatic rings. The van der Waals surface area contributed by atoms with Gasteiger partial charge in [-0.05, 0) is 36.3 Å². The van der Waals surface area contributed by atoms with Gasteiger partial charge in [-0.2, -0.15) is 0 Å². The second-order valence-corrected chi connectivity index (χ2v) is 4.53. The number of aromatic nitrogens is 2. The van der Waals surface area contributed by atoms with Gasteiger partial charge < -0.3 is 4.98 Å². The van der Waals surface area contributed by atoms with E-state index in [0.717, 1.165) is 12.2 Å². The first-order valence-electron chi connectivity index (χ1n) is 5.99. The molecule has 1 aromatic carbocycles. The van der Waals surface area contributed by atoms with E-state index < -0.39 is 0 Å². The normalized spacial score (nSPS) is 19.4. The fourth-order valence-electron chi connectivity index (χ4n) is 2.71. The predicted molar refractivity (Wildman–Crippen MR) is 64.4 cm³/mol. The Bertz CT molecular complexity index is 459. The van der Waals surface area contributed by atoms with Gasteiger partial charge in [0.05, 0.1) is 0 Å². The quantitative estimate of drug-likeness (QED) is 0.814. The van der Waals surface area contributed by atoms with Crippen molar-refractivity contribution in [2.24, 2.45) is 0 Å². The molecule has 1 aliphatic rings. The maximum Gasteiger partial charge on any atom is 0.106 e. The average Bonchev–Trinajstić information content (AvgIpc) is 2.82. The number of rotatable bonds is 2. The summed E-state index contributed by atoms with van der Waals surface area (Å²) in [4.78, 5) is 7.53. The van der Waals surface area contributed by atoms with Crippen LogP contribution in [0.3, 0.4) is 0 Å². The van der Waals surface area contributed by atoms with E-state index in [2.05, 4.69) is 34.2 Å². The molecule has 1 aromatic heterocycles. The standard InChI is InChI=1S/C14H16N2/c1-2-7-13-11(4-1)5-3-6-12(13)10-14-15-8-9-16-14/h1-2,4,7-9,12H,3,5-6,10H2,(H,15,16)/t12-/m0/s1. The monoisotopic (exact) mass is 212 g/mol. The highest BCUT2D eigenvalue weighted by molar-refractivity contribution is 5.33. The number of fused-ring (bicyclic) bond motifs is 1. The zero-order valence-corrected chi connectivity index (χ0v) is 9.32. The van der Waals surface area contributed by atoms with Crippen LogP contribution in [0.5, 0.6) is 0 Å². The number of benzene rings is 1. The molecule has 0 unspecified atom stereocenters. The molecule has 0 saturated heterocycles. The number of hydrogen-bond acceptors (Lipinski definition) is 1. The van der Waals surface area contributed by atoms with Crippen molar-refractivity contribution in [2.75, 3.05) is 0 Å². The summed E-state index contributed by atoms with van der Waals surface area (Å²) in [7, 11) is 0. The first-order valence-corrected chi connectivity index (χ1v) is 5.99. The largest absolute Gasteiger partial charge is 0.349 e. The van der Waals surface area contributed by atoms with Gasteiger partial charge in [-0.3, -0.25) is 0 Å². The molecule has 0 radical (unpaired) electrons. The van der Waals surface area contributed by atoms with E-state index in [1.165, 1.54) is 30.4 Å². The van der Waals surface area contributed by atoms with Crippen molar-refractivity contribution in [2.45, 2.75) is 31.6 Å². The second-order valence-electron chi connectivity index (χ2n) is 4.53. The van der Waals surface area contributed by atoms with Gasteiger partial charge in [-0.1, -0.05) is 24.3 Å². The van der Waals surface area contributed by atoms with Crippen molar-refractivity contribution in [1.29, 1.82) is 0 Å². The Balaban J connectivity index is 1.87. The Hall–Kier alpha value is -1.57. The highest BCUT2D eigenvalue weighted by Crippen LogP contribution is 2.33. The summed E-state index contributed by atoms with van der Waals surface area (Å²) in [5.41, 5.74) is 3.07. The molecule has 0 saturated carbocycles. The third-order valence-electron chi connectivity index (χ3n) is 3.49. The van der Waals surface area contributed by atoms with E-state index >= 15 is 0 Å². The molecule has 82 valence electrons. The molecule has 0 spiro atoms. The van der Waals surface area contributed by atoms with Gasteiger partial charge in [0, 0.05) is 18.8 Å². The first-order chi connectivity index (χ1) is 7.93. The van der Waals surface area contributed by atoms with Crippen LogP contribution in [-0.2, 0) is 12.8 Å². The number of hydrogen-bond donors (Lipinski definition) is 1. The zero-order chi connectivity index (χ0) is 10.8. The fourth-order valence-corrected chi connectivity index (χ4v) is 2.71. The van der Waals surface area contributed by atoms with Crippen molar-refractivity contribution in [3.05, 3.63) is 53.6 Å². The molecule has 2 heteroatoms. The van der Waals surface area contributed by atoms with E-state index in [4.69, 9.17) is 0 Å². The van der Waals surface area contributed by atoms with Crippen molar-refractivity contribution in [3.8, 4) is 0 Å². The van der Waals surface area contributed by atoms with Gasteiger partial charge >= 0.3 is 0 Å². The summed E-state index contributed by atoms with van der Waals surface area (Å²) in [6, 6.07) is 8.85. The summed E-state index contributed by atoms with van der Waals surface area (Å²) in [5.74, 6) is 1.76. The minimum absolute atomic E-state index is 0.649. The van der Waals surface area contributed by atoms with Crippen molar-refractivity contribution in [3.63, 3.8) is 0 Å². The van der Waals surface area contributed by atoms with E-state index in [1.807, 2.05) is 12.4 Å². The molecule has 0 amide bonds. The summed E-state index contributed by atoms with van der Waals surface area (Å²) in [5, 5.41) is 0. The smallest absolute Gasteiger partial charge is 0.106 e. The molecular weight excluding hydrogens is 196 g/mol. The molecule has 16 heavy (non-hydrogen) atoms. The van der Waals surface area contributed by atoms with E-state index in [1.54, 1.807) is 0 Å². The lowest BCUT2D eigenvalue weighted by Crippen LogP contribution is -2.12. The van der Waals surface area contributed by atoms with E-state index in [0.29, 0.717) is 5.92 Å². The molecule has 0 bridgehead atoms.